The van der Waals surface area contributed by atoms with E-state index in [4.69, 9.17) is 4.74 Å². The molecule has 2 N–H and O–H groups in total. The molecule has 0 aromatic rings. The van der Waals surface area contributed by atoms with Gasteiger partial charge in [0.25, 0.3) is 0 Å². The fraction of sp³-hybridized carbons (Fsp3) is 1.00. The molecule has 0 spiro atoms. The highest BCUT2D eigenvalue weighted by Gasteiger charge is 2.61. The second-order valence-electron chi connectivity index (χ2n) is 10.0. The van der Waals surface area contributed by atoms with E-state index in [1.54, 1.807) is 0 Å². The molecule has 24 heavy (non-hydrogen) atoms. The molecule has 0 aliphatic heterocycles. The predicted octanol–water partition coefficient (Wildman–Crippen LogP) is 3.62. The van der Waals surface area contributed by atoms with E-state index in [1.165, 1.54) is 32.1 Å². The van der Waals surface area contributed by atoms with Crippen LogP contribution < -0.4 is 0 Å². The first kappa shape index (κ1) is 17.3. The second kappa shape index (κ2) is 5.96. The Bertz CT molecular complexity index is 480. The van der Waals surface area contributed by atoms with Gasteiger partial charge in [-0.05, 0) is 91.8 Å². The Balaban J connectivity index is 1.67. The topological polar surface area (TPSA) is 49.7 Å². The number of hydrogen-bond acceptors (Lipinski definition) is 3. The highest BCUT2D eigenvalue weighted by Crippen LogP contribution is 2.67. The van der Waals surface area contributed by atoms with Crippen LogP contribution in [-0.2, 0) is 4.74 Å². The molecule has 9 atom stereocenters. The number of aliphatic hydroxyl groups is 2. The van der Waals surface area contributed by atoms with Crippen LogP contribution in [0.1, 0.15) is 65.2 Å². The van der Waals surface area contributed by atoms with Gasteiger partial charge in [0.2, 0.25) is 0 Å². The Morgan fingerprint density at radius 1 is 0.875 bits per heavy atom. The summed E-state index contributed by atoms with van der Waals surface area (Å²) in [6.07, 6.45) is 8.84. The highest BCUT2D eigenvalue weighted by molar-refractivity contribution is 5.10. The third-order valence-electron chi connectivity index (χ3n) is 9.15. The van der Waals surface area contributed by atoms with Crippen molar-refractivity contribution >= 4 is 0 Å². The van der Waals surface area contributed by atoms with Crippen LogP contribution in [-0.4, -0.2) is 36.1 Å². The van der Waals surface area contributed by atoms with Gasteiger partial charge < -0.3 is 14.9 Å². The molecule has 4 aliphatic rings. The van der Waals surface area contributed by atoms with Gasteiger partial charge in [0.05, 0.1) is 12.2 Å². The number of hydrogen-bond donors (Lipinski definition) is 2. The first-order valence-electron chi connectivity index (χ1n) is 10.2. The van der Waals surface area contributed by atoms with E-state index in [9.17, 15) is 10.2 Å². The maximum Gasteiger partial charge on any atom is 0.0596 e. The van der Waals surface area contributed by atoms with Crippen molar-refractivity contribution in [3.8, 4) is 0 Å². The van der Waals surface area contributed by atoms with E-state index in [0.29, 0.717) is 23.2 Å². The number of methoxy groups -OCH3 is 1. The van der Waals surface area contributed by atoms with E-state index in [2.05, 4.69) is 13.8 Å². The number of ether oxygens (including phenoxy) is 1. The van der Waals surface area contributed by atoms with E-state index in [1.807, 2.05) is 7.11 Å². The molecule has 0 heterocycles. The Hall–Kier alpha value is -0.120. The summed E-state index contributed by atoms with van der Waals surface area (Å²) in [7, 11) is 1.83. The van der Waals surface area contributed by atoms with Crippen molar-refractivity contribution in [2.75, 3.05) is 13.7 Å². The van der Waals surface area contributed by atoms with E-state index in [0.717, 1.165) is 37.7 Å². The third kappa shape index (κ3) is 2.34. The van der Waals surface area contributed by atoms with Gasteiger partial charge in [-0.15, -0.1) is 0 Å². The van der Waals surface area contributed by atoms with Gasteiger partial charge >= 0.3 is 0 Å². The molecular weight excluding hydrogens is 300 g/mol. The molecule has 138 valence electrons. The summed E-state index contributed by atoms with van der Waals surface area (Å²) in [5.74, 6) is 3.41. The van der Waals surface area contributed by atoms with Crippen molar-refractivity contribution in [1.29, 1.82) is 0 Å². The Morgan fingerprint density at radius 3 is 2.33 bits per heavy atom. The van der Waals surface area contributed by atoms with Crippen molar-refractivity contribution in [2.24, 2.45) is 40.4 Å². The summed E-state index contributed by atoms with van der Waals surface area (Å²) < 4.78 is 5.62. The van der Waals surface area contributed by atoms with Crippen LogP contribution in [0, 0.1) is 40.4 Å². The Kier molecular flexibility index (Phi) is 4.29. The third-order valence-corrected chi connectivity index (χ3v) is 9.15. The van der Waals surface area contributed by atoms with Gasteiger partial charge in [-0.1, -0.05) is 13.8 Å². The van der Waals surface area contributed by atoms with Gasteiger partial charge in [-0.2, -0.15) is 0 Å². The standard InChI is InChI=1S/C21H36O3/c1-20-8-6-14(22)11-18(20)13(12-24-3)10-15-16-4-5-19(23)21(16,2)9-7-17(15)20/h13-19,22-23H,4-12H2,1-3H3/t13-,14?,15-,16-,17-,18?,19?,20+,21-/m0/s1. The van der Waals surface area contributed by atoms with Crippen molar-refractivity contribution in [3.05, 3.63) is 0 Å². The zero-order valence-electron chi connectivity index (χ0n) is 15.7. The number of aliphatic hydroxyl groups excluding tert-OH is 2. The lowest BCUT2D eigenvalue weighted by atomic mass is 9.43. The van der Waals surface area contributed by atoms with Gasteiger partial charge in [-0.3, -0.25) is 0 Å². The molecule has 4 saturated carbocycles. The summed E-state index contributed by atoms with van der Waals surface area (Å²) in [6.45, 7) is 5.72. The molecule has 0 saturated heterocycles. The molecule has 3 unspecified atom stereocenters. The van der Waals surface area contributed by atoms with Gasteiger partial charge in [0, 0.05) is 13.7 Å². The number of fused-ring (bicyclic) bond motifs is 5. The molecule has 0 bridgehead atoms. The SMILES string of the molecule is COC[C@@H]1C[C@@H]2[C@H](CC[C@]3(C)C(O)CC[C@@H]23)[C@@]2(C)CCC(O)CC12. The van der Waals surface area contributed by atoms with Crippen LogP contribution in [0.5, 0.6) is 0 Å². The summed E-state index contributed by atoms with van der Waals surface area (Å²) in [4.78, 5) is 0. The van der Waals surface area contributed by atoms with Crippen molar-refractivity contribution < 1.29 is 14.9 Å². The molecule has 0 radical (unpaired) electrons. The maximum atomic E-state index is 10.6. The largest absolute Gasteiger partial charge is 0.393 e. The summed E-state index contributed by atoms with van der Waals surface area (Å²) in [5.41, 5.74) is 0.510. The summed E-state index contributed by atoms with van der Waals surface area (Å²) in [5, 5.41) is 20.9. The zero-order chi connectivity index (χ0) is 17.1. The predicted molar refractivity (Wildman–Crippen MR) is 94.5 cm³/mol. The quantitative estimate of drug-likeness (QED) is 0.810. The van der Waals surface area contributed by atoms with Crippen molar-refractivity contribution in [3.63, 3.8) is 0 Å². The first-order chi connectivity index (χ1) is 11.4. The minimum atomic E-state index is -0.110. The second-order valence-corrected chi connectivity index (χ2v) is 10.0. The molecular formula is C21H36O3. The average molecular weight is 337 g/mol. The summed E-state index contributed by atoms with van der Waals surface area (Å²) >= 11 is 0. The van der Waals surface area contributed by atoms with Crippen molar-refractivity contribution in [1.82, 2.24) is 0 Å². The zero-order valence-corrected chi connectivity index (χ0v) is 15.7. The average Bonchev–Trinajstić information content (AvgIpc) is 2.85. The molecule has 0 aromatic carbocycles. The molecule has 4 fully saturated rings. The minimum absolute atomic E-state index is 0.0944. The molecule has 0 aromatic heterocycles. The smallest absolute Gasteiger partial charge is 0.0596 e. The normalized spacial score (nSPS) is 57.1. The summed E-state index contributed by atoms with van der Waals surface area (Å²) in [6, 6.07) is 0. The lowest BCUT2D eigenvalue weighted by Gasteiger charge is -2.62. The van der Waals surface area contributed by atoms with Crippen molar-refractivity contribution in [2.45, 2.75) is 77.4 Å². The lowest BCUT2D eigenvalue weighted by molar-refractivity contribution is -0.162. The van der Waals surface area contributed by atoms with E-state index in [-0.39, 0.29) is 17.6 Å². The molecule has 4 aliphatic carbocycles. The van der Waals surface area contributed by atoms with E-state index >= 15 is 0 Å². The lowest BCUT2D eigenvalue weighted by Crippen LogP contribution is -2.57. The van der Waals surface area contributed by atoms with Crippen LogP contribution in [0.4, 0.5) is 0 Å². The Labute approximate surface area is 147 Å². The Morgan fingerprint density at radius 2 is 1.58 bits per heavy atom. The first-order valence-corrected chi connectivity index (χ1v) is 10.2. The van der Waals surface area contributed by atoms with Gasteiger partial charge in [0.1, 0.15) is 0 Å². The minimum Gasteiger partial charge on any atom is -0.393 e. The van der Waals surface area contributed by atoms with Gasteiger partial charge in [-0.25, -0.2) is 0 Å². The highest BCUT2D eigenvalue weighted by atomic mass is 16.5. The molecule has 3 heteroatoms. The molecule has 0 amide bonds. The number of rotatable bonds is 2. The van der Waals surface area contributed by atoms with Crippen LogP contribution in [0.25, 0.3) is 0 Å². The van der Waals surface area contributed by atoms with Crippen LogP contribution in [0.2, 0.25) is 0 Å². The van der Waals surface area contributed by atoms with Crippen LogP contribution in [0.3, 0.4) is 0 Å². The molecule has 4 rings (SSSR count). The monoisotopic (exact) mass is 336 g/mol. The van der Waals surface area contributed by atoms with E-state index < -0.39 is 0 Å². The fourth-order valence-electron chi connectivity index (χ4n) is 7.85. The fourth-order valence-corrected chi connectivity index (χ4v) is 7.85. The maximum absolute atomic E-state index is 10.6. The molecule has 3 nitrogen and oxygen atoms in total. The van der Waals surface area contributed by atoms with Gasteiger partial charge in [0.15, 0.2) is 0 Å². The van der Waals surface area contributed by atoms with Crippen LogP contribution >= 0.6 is 0 Å². The van der Waals surface area contributed by atoms with Crippen LogP contribution in [0.15, 0.2) is 0 Å².